The van der Waals surface area contributed by atoms with E-state index in [4.69, 9.17) is 0 Å². The van der Waals surface area contributed by atoms with Gasteiger partial charge in [0.25, 0.3) is 0 Å². The van der Waals surface area contributed by atoms with Crippen molar-refractivity contribution < 1.29 is 18.3 Å². The highest BCUT2D eigenvalue weighted by Crippen LogP contribution is 2.29. The fraction of sp³-hybridized carbons (Fsp3) is 0.278. The number of ketones is 1. The standard InChI is InChI=1S/C18H17F2N3O2S2/c1-10-8-15(16(24)12(3)27-18-22-21-9-26-18)11(2)23(10)13-4-6-14(7-5-13)25-17(19)20/h4-9,12,17H,1-3H3. The predicted molar refractivity (Wildman–Crippen MR) is 101 cm³/mol. The van der Waals surface area contributed by atoms with Gasteiger partial charge in [0, 0.05) is 22.6 Å². The summed E-state index contributed by atoms with van der Waals surface area (Å²) >= 11 is 2.78. The second-order valence-electron chi connectivity index (χ2n) is 5.82. The van der Waals surface area contributed by atoms with E-state index in [1.54, 1.807) is 17.6 Å². The first kappa shape index (κ1) is 19.5. The molecule has 2 aromatic heterocycles. The minimum Gasteiger partial charge on any atom is -0.435 e. The number of aromatic nitrogens is 3. The van der Waals surface area contributed by atoms with Crippen LogP contribution in [0, 0.1) is 13.8 Å². The minimum atomic E-state index is -2.86. The number of Topliss-reactive ketones (excluding diaryl/α,β-unsaturated/α-hetero) is 1. The molecule has 0 radical (unpaired) electrons. The van der Waals surface area contributed by atoms with Crippen molar-refractivity contribution in [3.8, 4) is 11.4 Å². The number of rotatable bonds is 7. The molecule has 0 spiro atoms. The van der Waals surface area contributed by atoms with Crippen molar-refractivity contribution in [3.05, 3.63) is 52.8 Å². The monoisotopic (exact) mass is 409 g/mol. The Morgan fingerprint density at radius 2 is 1.96 bits per heavy atom. The van der Waals surface area contributed by atoms with Crippen molar-refractivity contribution in [1.29, 1.82) is 0 Å². The van der Waals surface area contributed by atoms with Gasteiger partial charge in [-0.2, -0.15) is 8.78 Å². The number of carbonyl (C=O) groups is 1. The normalized spacial score (nSPS) is 12.4. The molecule has 0 aliphatic carbocycles. The van der Waals surface area contributed by atoms with Gasteiger partial charge in [0.2, 0.25) is 0 Å². The molecule has 1 atom stereocenters. The zero-order valence-electron chi connectivity index (χ0n) is 14.8. The van der Waals surface area contributed by atoms with Gasteiger partial charge in [-0.15, -0.1) is 10.2 Å². The van der Waals surface area contributed by atoms with Crippen LogP contribution < -0.4 is 4.74 Å². The first-order valence-corrected chi connectivity index (χ1v) is 9.84. The largest absolute Gasteiger partial charge is 0.435 e. The molecule has 0 aliphatic rings. The number of alkyl halides is 2. The zero-order chi connectivity index (χ0) is 19.6. The number of halogens is 2. The van der Waals surface area contributed by atoms with Crippen molar-refractivity contribution in [3.63, 3.8) is 0 Å². The SMILES string of the molecule is Cc1cc(C(=O)C(C)Sc2nncs2)c(C)n1-c1ccc(OC(F)F)cc1. The van der Waals surface area contributed by atoms with Gasteiger partial charge in [-0.1, -0.05) is 23.1 Å². The third kappa shape index (κ3) is 4.36. The van der Waals surface area contributed by atoms with Crippen LogP contribution in [0.2, 0.25) is 0 Å². The molecule has 0 aliphatic heterocycles. The summed E-state index contributed by atoms with van der Waals surface area (Å²) in [5, 5.41) is 7.45. The smallest absolute Gasteiger partial charge is 0.387 e. The van der Waals surface area contributed by atoms with Crippen molar-refractivity contribution in [1.82, 2.24) is 14.8 Å². The summed E-state index contributed by atoms with van der Waals surface area (Å²) < 4.78 is 31.7. The summed E-state index contributed by atoms with van der Waals surface area (Å²) in [6.07, 6.45) is 0. The molecule has 2 heterocycles. The van der Waals surface area contributed by atoms with Crippen LogP contribution in [-0.2, 0) is 0 Å². The van der Waals surface area contributed by atoms with Crippen molar-refractivity contribution >= 4 is 28.9 Å². The Kier molecular flexibility index (Phi) is 5.91. The molecule has 0 amide bonds. The molecule has 0 saturated carbocycles. The summed E-state index contributed by atoms with van der Waals surface area (Å²) in [7, 11) is 0. The van der Waals surface area contributed by atoms with Gasteiger partial charge in [0.15, 0.2) is 10.1 Å². The Labute approximate surface area is 163 Å². The number of thioether (sulfide) groups is 1. The average molecular weight is 409 g/mol. The van der Waals surface area contributed by atoms with Crippen LogP contribution in [0.4, 0.5) is 8.78 Å². The lowest BCUT2D eigenvalue weighted by atomic mass is 10.1. The van der Waals surface area contributed by atoms with E-state index < -0.39 is 6.61 Å². The summed E-state index contributed by atoms with van der Waals surface area (Å²) in [5.41, 5.74) is 4.71. The Morgan fingerprint density at radius 3 is 2.56 bits per heavy atom. The average Bonchev–Trinajstić information content (AvgIpc) is 3.22. The Balaban J connectivity index is 1.84. The maximum Gasteiger partial charge on any atom is 0.387 e. The predicted octanol–water partition coefficient (Wildman–Crippen LogP) is 4.91. The van der Waals surface area contributed by atoms with Gasteiger partial charge in [0.1, 0.15) is 11.3 Å². The van der Waals surface area contributed by atoms with Crippen molar-refractivity contribution in [2.45, 2.75) is 37.0 Å². The number of aryl methyl sites for hydroxylation is 1. The van der Waals surface area contributed by atoms with E-state index in [1.807, 2.05) is 31.4 Å². The first-order valence-electron chi connectivity index (χ1n) is 8.08. The summed E-state index contributed by atoms with van der Waals surface area (Å²) in [4.78, 5) is 12.9. The van der Waals surface area contributed by atoms with Crippen LogP contribution in [0.15, 0.2) is 40.2 Å². The maximum absolute atomic E-state index is 12.9. The van der Waals surface area contributed by atoms with E-state index in [0.717, 1.165) is 21.4 Å². The summed E-state index contributed by atoms with van der Waals surface area (Å²) in [6.45, 7) is 2.75. The van der Waals surface area contributed by atoms with Crippen LogP contribution in [0.5, 0.6) is 5.75 Å². The molecule has 3 rings (SSSR count). The molecular formula is C18H17F2N3O2S2. The van der Waals surface area contributed by atoms with Gasteiger partial charge in [-0.3, -0.25) is 4.79 Å². The Hall–Kier alpha value is -2.26. The summed E-state index contributed by atoms with van der Waals surface area (Å²) in [6, 6.07) is 8.18. The fourth-order valence-corrected chi connectivity index (χ4v) is 4.52. The van der Waals surface area contributed by atoms with Crippen LogP contribution in [-0.4, -0.2) is 32.4 Å². The van der Waals surface area contributed by atoms with Gasteiger partial charge >= 0.3 is 6.61 Å². The van der Waals surface area contributed by atoms with Crippen LogP contribution in [0.3, 0.4) is 0 Å². The van der Waals surface area contributed by atoms with E-state index in [0.29, 0.717) is 5.56 Å². The highest BCUT2D eigenvalue weighted by molar-refractivity contribution is 8.02. The summed E-state index contributed by atoms with van der Waals surface area (Å²) in [5.74, 6) is 0.0989. The molecule has 1 aromatic carbocycles. The molecule has 142 valence electrons. The molecule has 0 fully saturated rings. The van der Waals surface area contributed by atoms with E-state index in [2.05, 4.69) is 14.9 Å². The van der Waals surface area contributed by atoms with Gasteiger partial charge in [0.05, 0.1) is 5.25 Å². The molecule has 9 heteroatoms. The first-order chi connectivity index (χ1) is 12.9. The lowest BCUT2D eigenvalue weighted by Gasteiger charge is -2.12. The number of benzene rings is 1. The Bertz CT molecular complexity index is 925. The lowest BCUT2D eigenvalue weighted by molar-refractivity contribution is -0.0498. The van der Waals surface area contributed by atoms with Crippen LogP contribution in [0.1, 0.15) is 28.7 Å². The lowest BCUT2D eigenvalue weighted by Crippen LogP contribution is -2.14. The second-order valence-corrected chi connectivity index (χ2v) is 8.24. The van der Waals surface area contributed by atoms with Crippen LogP contribution in [0.25, 0.3) is 5.69 Å². The zero-order valence-corrected chi connectivity index (χ0v) is 16.5. The quantitative estimate of drug-likeness (QED) is 0.410. The molecular weight excluding hydrogens is 392 g/mol. The molecule has 5 nitrogen and oxygen atoms in total. The van der Waals surface area contributed by atoms with Crippen molar-refractivity contribution in [2.75, 3.05) is 0 Å². The molecule has 27 heavy (non-hydrogen) atoms. The number of ether oxygens (including phenoxy) is 1. The van der Waals surface area contributed by atoms with Gasteiger partial charge in [-0.25, -0.2) is 0 Å². The van der Waals surface area contributed by atoms with Gasteiger partial charge < -0.3 is 9.30 Å². The molecule has 1 unspecified atom stereocenters. The fourth-order valence-electron chi connectivity index (χ4n) is 2.82. The molecule has 3 aromatic rings. The molecule has 0 bridgehead atoms. The highest BCUT2D eigenvalue weighted by atomic mass is 32.2. The number of hydrogen-bond donors (Lipinski definition) is 0. The molecule has 0 saturated heterocycles. The maximum atomic E-state index is 12.9. The van der Waals surface area contributed by atoms with E-state index in [9.17, 15) is 13.6 Å². The number of carbonyl (C=O) groups excluding carboxylic acids is 1. The second kappa shape index (κ2) is 8.18. The molecule has 0 N–H and O–H groups in total. The highest BCUT2D eigenvalue weighted by Gasteiger charge is 2.23. The van der Waals surface area contributed by atoms with Crippen molar-refractivity contribution in [2.24, 2.45) is 0 Å². The van der Waals surface area contributed by atoms with E-state index in [1.165, 1.54) is 35.2 Å². The third-order valence-electron chi connectivity index (χ3n) is 4.00. The number of hydrogen-bond acceptors (Lipinski definition) is 6. The number of nitrogens with zero attached hydrogens (tertiary/aromatic N) is 3. The van der Waals surface area contributed by atoms with Crippen LogP contribution >= 0.6 is 23.1 Å². The van der Waals surface area contributed by atoms with E-state index >= 15 is 0 Å². The Morgan fingerprint density at radius 1 is 1.26 bits per heavy atom. The van der Waals surface area contributed by atoms with E-state index in [-0.39, 0.29) is 16.8 Å². The van der Waals surface area contributed by atoms with Gasteiger partial charge in [-0.05, 0) is 51.1 Å². The minimum absolute atomic E-state index is 0.00667. The third-order valence-corrected chi connectivity index (χ3v) is 5.91. The topological polar surface area (TPSA) is 57.0 Å².